The third-order valence-electron chi connectivity index (χ3n) is 2.79. The molecular formula is C14H12Br4Te. The van der Waals surface area contributed by atoms with Crippen LogP contribution in [0.4, 0.5) is 0 Å². The zero-order valence-corrected chi connectivity index (χ0v) is 18.6. The van der Waals surface area contributed by atoms with Crippen LogP contribution in [0.3, 0.4) is 0 Å². The van der Waals surface area contributed by atoms with Gasteiger partial charge in [-0.25, -0.2) is 0 Å². The van der Waals surface area contributed by atoms with Crippen LogP contribution in [-0.2, 0) is 10.7 Å². The fraction of sp³-hybridized carbons (Fsp3) is 0.143. The van der Waals surface area contributed by atoms with E-state index in [4.69, 9.17) is 0 Å². The zero-order chi connectivity index (χ0) is 13.9. The van der Waals surface area contributed by atoms with Crippen LogP contribution in [0, 0.1) is 0 Å². The van der Waals surface area contributed by atoms with Gasteiger partial charge in [-0.05, 0) is 0 Å². The molecule has 0 radical (unpaired) electrons. The molecule has 0 spiro atoms. The minimum atomic E-state index is -2.63. The molecule has 2 aromatic rings. The Labute approximate surface area is 147 Å². The maximum atomic E-state index is 4.05. The predicted octanol–water partition coefficient (Wildman–Crippen LogP) is 4.82. The molecular weight excluding hydrogens is 615 g/mol. The predicted molar refractivity (Wildman–Crippen MR) is 101 cm³/mol. The van der Waals surface area contributed by atoms with E-state index >= 15 is 0 Å². The molecule has 0 aliphatic carbocycles. The van der Waals surface area contributed by atoms with Crippen molar-refractivity contribution in [2.45, 2.75) is 10.7 Å². The fourth-order valence-electron chi connectivity index (χ4n) is 1.85. The molecule has 0 amide bonds. The summed E-state index contributed by atoms with van der Waals surface area (Å²) in [6.45, 7) is 0. The van der Waals surface area contributed by atoms with Gasteiger partial charge in [0.2, 0.25) is 0 Å². The molecule has 2 aromatic carbocycles. The van der Waals surface area contributed by atoms with Crippen molar-refractivity contribution in [3.63, 3.8) is 0 Å². The van der Waals surface area contributed by atoms with Crippen molar-refractivity contribution in [1.29, 1.82) is 0 Å². The zero-order valence-electron chi connectivity index (χ0n) is 9.95. The quantitative estimate of drug-likeness (QED) is 0.337. The molecule has 0 saturated heterocycles. The molecule has 0 aliphatic heterocycles. The van der Waals surface area contributed by atoms with E-state index in [1.807, 2.05) is 0 Å². The Morgan fingerprint density at radius 1 is 0.684 bits per heavy atom. The van der Waals surface area contributed by atoms with Crippen molar-refractivity contribution >= 4 is 78.4 Å². The third-order valence-corrected chi connectivity index (χ3v) is 18.8. The molecule has 0 aromatic heterocycles. The van der Waals surface area contributed by atoms with Gasteiger partial charge in [0, 0.05) is 0 Å². The number of halogens is 4. The van der Waals surface area contributed by atoms with Crippen molar-refractivity contribution in [2.24, 2.45) is 0 Å². The second kappa shape index (κ2) is 7.42. The van der Waals surface area contributed by atoms with E-state index in [1.165, 1.54) is 18.3 Å². The van der Waals surface area contributed by atoms with E-state index in [2.05, 4.69) is 106 Å². The minimum absolute atomic E-state index is 0.879. The van der Waals surface area contributed by atoms with E-state index in [-0.39, 0.29) is 0 Å². The normalized spacial score (nSPS) is 12.4. The summed E-state index contributed by atoms with van der Waals surface area (Å²) < 4.78 is 2.82. The Hall–Kier alpha value is 1.15. The summed E-state index contributed by atoms with van der Waals surface area (Å²) >= 11 is 12.6. The number of benzene rings is 2. The molecule has 19 heavy (non-hydrogen) atoms. The standard InChI is InChI=1S/C14H12Br4Te/c15-9-11-5-1-3-7-13(11)19(17,18)14-8-4-2-6-12(14)10-16/h1-8H,9-10H2. The van der Waals surface area contributed by atoms with Crippen molar-refractivity contribution in [3.05, 3.63) is 59.7 Å². The van der Waals surface area contributed by atoms with Crippen LogP contribution in [0.5, 0.6) is 0 Å². The van der Waals surface area contributed by atoms with Gasteiger partial charge in [0.15, 0.2) is 0 Å². The molecule has 5 heteroatoms. The van der Waals surface area contributed by atoms with Gasteiger partial charge in [-0.3, -0.25) is 0 Å². The average molecular weight is 627 g/mol. The van der Waals surface area contributed by atoms with Crippen molar-refractivity contribution < 1.29 is 0 Å². The van der Waals surface area contributed by atoms with E-state index in [0.29, 0.717) is 0 Å². The summed E-state index contributed by atoms with van der Waals surface area (Å²) in [6.07, 6.45) is 0. The second-order valence-electron chi connectivity index (χ2n) is 3.95. The molecule has 0 heterocycles. The van der Waals surface area contributed by atoms with Gasteiger partial charge >= 0.3 is 149 Å². The second-order valence-corrected chi connectivity index (χ2v) is 29.1. The van der Waals surface area contributed by atoms with E-state index < -0.39 is 13.8 Å². The van der Waals surface area contributed by atoms with Gasteiger partial charge in [-0.1, -0.05) is 0 Å². The summed E-state index contributed by atoms with van der Waals surface area (Å²) in [5, 5.41) is 1.76. The van der Waals surface area contributed by atoms with Crippen molar-refractivity contribution in [2.75, 3.05) is 0 Å². The monoisotopic (exact) mass is 626 g/mol. The Kier molecular flexibility index (Phi) is 6.45. The first-order valence-corrected chi connectivity index (χ1v) is 20.6. The van der Waals surface area contributed by atoms with Gasteiger partial charge in [-0.2, -0.15) is 0 Å². The first kappa shape index (κ1) is 16.5. The van der Waals surface area contributed by atoms with Crippen LogP contribution in [0.25, 0.3) is 0 Å². The molecule has 0 atom stereocenters. The Morgan fingerprint density at radius 2 is 1.05 bits per heavy atom. The first-order chi connectivity index (χ1) is 9.11. The van der Waals surface area contributed by atoms with E-state index in [9.17, 15) is 0 Å². The summed E-state index contributed by atoms with van der Waals surface area (Å²) in [5.74, 6) is 0. The molecule has 0 unspecified atom stereocenters. The number of hydrogen-bond donors (Lipinski definition) is 0. The first-order valence-electron chi connectivity index (χ1n) is 5.61. The van der Waals surface area contributed by atoms with Gasteiger partial charge in [0.25, 0.3) is 0 Å². The van der Waals surface area contributed by atoms with Crippen LogP contribution in [0.2, 0.25) is 0 Å². The van der Waals surface area contributed by atoms with Crippen molar-refractivity contribution in [3.8, 4) is 0 Å². The number of rotatable bonds is 4. The van der Waals surface area contributed by atoms with Gasteiger partial charge in [-0.15, -0.1) is 0 Å². The molecule has 0 fully saturated rings. The SMILES string of the molecule is BrCc1ccccc1[Te](Br)(Br)c1ccccc1CBr. The summed E-state index contributed by atoms with van der Waals surface area (Å²) in [4.78, 5) is 0. The molecule has 0 N–H and O–H groups in total. The van der Waals surface area contributed by atoms with Gasteiger partial charge in [0.1, 0.15) is 0 Å². The van der Waals surface area contributed by atoms with Crippen LogP contribution in [0.15, 0.2) is 48.5 Å². The molecule has 2 rings (SSSR count). The number of alkyl halides is 2. The van der Waals surface area contributed by atoms with Gasteiger partial charge in [0.05, 0.1) is 0 Å². The Morgan fingerprint density at radius 3 is 1.42 bits per heavy atom. The molecule has 0 bridgehead atoms. The fourth-order valence-corrected chi connectivity index (χ4v) is 17.2. The van der Waals surface area contributed by atoms with Gasteiger partial charge < -0.3 is 0 Å². The van der Waals surface area contributed by atoms with Crippen LogP contribution < -0.4 is 7.22 Å². The molecule has 0 saturated carbocycles. The topological polar surface area (TPSA) is 0 Å². The molecule has 0 nitrogen and oxygen atoms in total. The molecule has 0 aliphatic rings. The number of hydrogen-bond acceptors (Lipinski definition) is 0. The Balaban J connectivity index is 2.58. The summed E-state index contributed by atoms with van der Waals surface area (Å²) in [6, 6.07) is 17.2. The summed E-state index contributed by atoms with van der Waals surface area (Å²) in [5.41, 5.74) is 2.70. The average Bonchev–Trinajstić information content (AvgIpc) is 2.47. The molecule has 102 valence electrons. The van der Waals surface area contributed by atoms with Crippen LogP contribution in [-0.4, -0.2) is 13.8 Å². The van der Waals surface area contributed by atoms with Crippen molar-refractivity contribution in [1.82, 2.24) is 0 Å². The third kappa shape index (κ3) is 3.67. The summed E-state index contributed by atoms with van der Waals surface area (Å²) in [7, 11) is 0. The van der Waals surface area contributed by atoms with E-state index in [1.54, 1.807) is 0 Å². The maximum absolute atomic E-state index is 4.05. The van der Waals surface area contributed by atoms with Crippen LogP contribution in [0.1, 0.15) is 11.1 Å². The van der Waals surface area contributed by atoms with Crippen LogP contribution >= 0.6 is 57.4 Å². The Bertz CT molecular complexity index is 519. The van der Waals surface area contributed by atoms with E-state index in [0.717, 1.165) is 10.7 Å².